The number of aromatic nitrogens is 4. The molecule has 0 spiro atoms. The zero-order chi connectivity index (χ0) is 32.7. The fourth-order valence-electron chi connectivity index (χ4n) is 4.42. The lowest BCUT2D eigenvalue weighted by molar-refractivity contribution is -0.138. The highest BCUT2D eigenvalue weighted by Gasteiger charge is 2.36. The number of nitrogens with zero attached hydrogens (tertiary/aromatic N) is 5. The molecule has 0 saturated carbocycles. The molecule has 0 fully saturated rings. The molecule has 0 aliphatic heterocycles. The van der Waals surface area contributed by atoms with E-state index in [1.54, 1.807) is 0 Å². The van der Waals surface area contributed by atoms with Gasteiger partial charge in [-0.05, 0) is 54.4 Å². The molecule has 0 saturated heterocycles. The number of aromatic carboxylic acids is 1. The van der Waals surface area contributed by atoms with E-state index < -0.39 is 46.9 Å². The number of rotatable bonds is 13. The number of carbonyl (C=O) groups is 2. The fraction of sp³-hybridized carbons (Fsp3) is 0.276. The van der Waals surface area contributed by atoms with Crippen molar-refractivity contribution in [1.29, 1.82) is 0 Å². The topological polar surface area (TPSA) is 129 Å². The van der Waals surface area contributed by atoms with Gasteiger partial charge in [-0.3, -0.25) is 9.69 Å². The van der Waals surface area contributed by atoms with Crippen molar-refractivity contribution in [1.82, 2.24) is 20.0 Å². The lowest BCUT2D eigenvalue weighted by Crippen LogP contribution is -2.46. The second kappa shape index (κ2) is 14.6. The van der Waals surface area contributed by atoms with E-state index >= 15 is 0 Å². The van der Waals surface area contributed by atoms with Crippen LogP contribution in [0.3, 0.4) is 0 Å². The number of ether oxygens (including phenoxy) is 3. The maximum Gasteiger partial charge on any atom is 0.421 e. The molecule has 0 bridgehead atoms. The smallest absolute Gasteiger partial charge is 0.421 e. The third kappa shape index (κ3) is 8.20. The van der Waals surface area contributed by atoms with E-state index in [0.717, 1.165) is 23.1 Å². The van der Waals surface area contributed by atoms with Gasteiger partial charge in [0.25, 0.3) is 5.91 Å². The normalized spacial score (nSPS) is 11.6. The zero-order valence-electron chi connectivity index (χ0n) is 23.8. The Kier molecular flexibility index (Phi) is 10.8. The molecule has 2 aromatic carbocycles. The summed E-state index contributed by atoms with van der Waals surface area (Å²) in [5.74, 6) is -4.43. The predicted octanol–water partition coefficient (Wildman–Crippen LogP) is 5.63. The highest BCUT2D eigenvalue weighted by molar-refractivity contribution is 9.10. The molecule has 0 aliphatic carbocycles. The Morgan fingerprint density at radius 2 is 1.71 bits per heavy atom. The van der Waals surface area contributed by atoms with Crippen LogP contribution in [0.1, 0.15) is 31.8 Å². The molecule has 4 aromatic rings. The first kappa shape index (κ1) is 33.5. The number of hydrogen-bond donors (Lipinski definition) is 1. The Hall–Kier alpha value is -4.41. The minimum absolute atomic E-state index is 0.128. The summed E-state index contributed by atoms with van der Waals surface area (Å²) < 4.78 is 73.2. The van der Waals surface area contributed by atoms with Crippen molar-refractivity contribution >= 4 is 33.5 Å². The van der Waals surface area contributed by atoms with Crippen LogP contribution < -0.4 is 9.64 Å². The number of methoxy groups -OCH3 is 2. The summed E-state index contributed by atoms with van der Waals surface area (Å²) in [7, 11) is 2.71. The van der Waals surface area contributed by atoms with Crippen LogP contribution in [-0.4, -0.2) is 70.4 Å². The van der Waals surface area contributed by atoms with Crippen LogP contribution in [0.2, 0.25) is 0 Å². The van der Waals surface area contributed by atoms with Crippen molar-refractivity contribution in [2.24, 2.45) is 0 Å². The Labute approximate surface area is 262 Å². The molecule has 4 rings (SSSR count). The van der Waals surface area contributed by atoms with Crippen molar-refractivity contribution in [3.05, 3.63) is 93.6 Å². The summed E-state index contributed by atoms with van der Waals surface area (Å²) in [6, 6.07) is 6.99. The summed E-state index contributed by atoms with van der Waals surface area (Å²) in [5.41, 5.74) is -2.03. The van der Waals surface area contributed by atoms with Gasteiger partial charge in [-0.25, -0.2) is 14.2 Å². The highest BCUT2D eigenvalue weighted by atomic mass is 79.9. The molecule has 11 nitrogen and oxygen atoms in total. The van der Waals surface area contributed by atoms with E-state index in [9.17, 15) is 32.3 Å². The molecular formula is C29H26BrF4N5O6. The van der Waals surface area contributed by atoms with E-state index in [4.69, 9.17) is 14.2 Å². The van der Waals surface area contributed by atoms with Gasteiger partial charge in [0.2, 0.25) is 5.88 Å². The Bertz CT molecular complexity index is 1650. The van der Waals surface area contributed by atoms with Gasteiger partial charge in [0.15, 0.2) is 0 Å². The molecule has 238 valence electrons. The van der Waals surface area contributed by atoms with Crippen LogP contribution in [0.15, 0.2) is 65.5 Å². The number of amides is 1. The molecule has 45 heavy (non-hydrogen) atoms. The quantitative estimate of drug-likeness (QED) is 0.177. The molecular weight excluding hydrogens is 670 g/mol. The number of carbonyl (C=O) groups excluding carboxylic acids is 1. The van der Waals surface area contributed by atoms with Crippen LogP contribution in [0.25, 0.3) is 0 Å². The first-order chi connectivity index (χ1) is 21.4. The summed E-state index contributed by atoms with van der Waals surface area (Å²) in [6.45, 7) is -0.0461. The van der Waals surface area contributed by atoms with Crippen LogP contribution >= 0.6 is 15.9 Å². The third-order valence-corrected chi connectivity index (χ3v) is 6.91. The van der Waals surface area contributed by atoms with Crippen LogP contribution in [0.5, 0.6) is 11.6 Å². The standard InChI is InChI=1S/C29H26BrF4N5O6/c1-43-15-19(16-44-2)39(27(40)21-5-3-18(30)12-24(21)31)25-6-4-20(13-22(25)28(41)42)45-26-23(29(32,33)34)11-17(14-35-26)7-10-38-36-8-9-37-38/h3-6,8-9,11-14,19H,7,10,15-16H2,1-2H3,(H,41,42). The lowest BCUT2D eigenvalue weighted by Gasteiger charge is -2.32. The van der Waals surface area contributed by atoms with Gasteiger partial charge in [-0.1, -0.05) is 15.9 Å². The minimum Gasteiger partial charge on any atom is -0.478 e. The molecule has 0 aliphatic rings. The van der Waals surface area contributed by atoms with Crippen LogP contribution in [-0.2, 0) is 28.6 Å². The van der Waals surface area contributed by atoms with Crippen molar-refractivity contribution in [2.45, 2.75) is 25.2 Å². The summed E-state index contributed by atoms with van der Waals surface area (Å²) in [4.78, 5) is 32.3. The van der Waals surface area contributed by atoms with Gasteiger partial charge in [-0.15, -0.1) is 0 Å². The number of halogens is 5. The molecule has 2 aromatic heterocycles. The number of alkyl halides is 3. The minimum atomic E-state index is -4.86. The van der Waals surface area contributed by atoms with E-state index in [0.29, 0.717) is 4.47 Å². The average Bonchev–Trinajstić information content (AvgIpc) is 3.51. The number of aryl methyl sites for hydroxylation is 2. The number of hydrogen-bond acceptors (Lipinski definition) is 8. The Morgan fingerprint density at radius 3 is 2.31 bits per heavy atom. The predicted molar refractivity (Wildman–Crippen MR) is 155 cm³/mol. The molecule has 16 heteroatoms. The van der Waals surface area contributed by atoms with Gasteiger partial charge in [0.05, 0.1) is 55.0 Å². The van der Waals surface area contributed by atoms with Crippen LogP contribution in [0.4, 0.5) is 23.2 Å². The first-order valence-electron chi connectivity index (χ1n) is 13.1. The number of carboxylic acid groups (broad SMARTS) is 1. The number of pyridine rings is 1. The molecule has 0 radical (unpaired) electrons. The van der Waals surface area contributed by atoms with Crippen molar-refractivity contribution in [3.8, 4) is 11.6 Å². The van der Waals surface area contributed by atoms with Gasteiger partial charge in [0.1, 0.15) is 17.1 Å². The fourth-order valence-corrected chi connectivity index (χ4v) is 4.76. The van der Waals surface area contributed by atoms with Crippen molar-refractivity contribution in [3.63, 3.8) is 0 Å². The Morgan fingerprint density at radius 1 is 1.02 bits per heavy atom. The van der Waals surface area contributed by atoms with E-state index in [1.165, 1.54) is 61.9 Å². The van der Waals surface area contributed by atoms with Gasteiger partial charge in [-0.2, -0.15) is 28.2 Å². The number of anilines is 1. The largest absolute Gasteiger partial charge is 0.478 e. The highest BCUT2D eigenvalue weighted by Crippen LogP contribution is 2.38. The SMILES string of the molecule is COCC(COC)N(C(=O)c1ccc(Br)cc1F)c1ccc(Oc2ncc(CCn3nccn3)cc2C(F)(F)F)cc1C(=O)O. The van der Waals surface area contributed by atoms with E-state index in [2.05, 4.69) is 31.1 Å². The van der Waals surface area contributed by atoms with Crippen molar-refractivity contribution in [2.75, 3.05) is 32.3 Å². The number of benzene rings is 2. The molecule has 0 atom stereocenters. The van der Waals surface area contributed by atoms with Crippen molar-refractivity contribution < 1.29 is 46.5 Å². The average molecular weight is 696 g/mol. The van der Waals surface area contributed by atoms with Gasteiger partial charge < -0.3 is 19.3 Å². The molecule has 0 unspecified atom stereocenters. The van der Waals surface area contributed by atoms with Crippen LogP contribution in [0, 0.1) is 5.82 Å². The second-order valence-electron chi connectivity index (χ2n) is 9.52. The number of carboxylic acids is 1. The maximum absolute atomic E-state index is 14.9. The lowest BCUT2D eigenvalue weighted by atomic mass is 10.1. The van der Waals surface area contributed by atoms with Gasteiger partial charge >= 0.3 is 12.1 Å². The van der Waals surface area contributed by atoms with Gasteiger partial charge in [0, 0.05) is 24.9 Å². The summed E-state index contributed by atoms with van der Waals surface area (Å²) in [6.07, 6.45) is -0.625. The zero-order valence-corrected chi connectivity index (χ0v) is 25.4. The Balaban J connectivity index is 1.73. The molecule has 1 amide bonds. The first-order valence-corrected chi connectivity index (χ1v) is 13.9. The monoisotopic (exact) mass is 695 g/mol. The third-order valence-electron chi connectivity index (χ3n) is 6.42. The van der Waals surface area contributed by atoms with E-state index in [1.807, 2.05) is 0 Å². The maximum atomic E-state index is 14.9. The summed E-state index contributed by atoms with van der Waals surface area (Å²) in [5, 5.41) is 17.9. The molecule has 2 heterocycles. The second-order valence-corrected chi connectivity index (χ2v) is 10.4. The molecule has 1 N–H and O–H groups in total. The summed E-state index contributed by atoms with van der Waals surface area (Å²) >= 11 is 3.13. The van der Waals surface area contributed by atoms with E-state index in [-0.39, 0.29) is 48.7 Å².